The van der Waals surface area contributed by atoms with Gasteiger partial charge in [0.25, 0.3) is 0 Å². The highest BCUT2D eigenvalue weighted by atomic mass is 79.9. The summed E-state index contributed by atoms with van der Waals surface area (Å²) in [6.45, 7) is 2.67. The summed E-state index contributed by atoms with van der Waals surface area (Å²) in [4.78, 5) is 10.4. The van der Waals surface area contributed by atoms with Gasteiger partial charge in [0.2, 0.25) is 5.28 Å². The molecule has 0 amide bonds. The lowest BCUT2D eigenvalue weighted by Gasteiger charge is -2.28. The van der Waals surface area contributed by atoms with Crippen molar-refractivity contribution in [1.82, 2.24) is 9.97 Å². The molecular weight excluding hydrogens is 337 g/mol. The minimum Gasteiger partial charge on any atom is -0.378 e. The van der Waals surface area contributed by atoms with Gasteiger partial charge in [-0.3, -0.25) is 0 Å². The summed E-state index contributed by atoms with van der Waals surface area (Å²) in [6, 6.07) is 3.04. The summed E-state index contributed by atoms with van der Waals surface area (Å²) < 4.78 is 19.4. The second-order valence-electron chi connectivity index (χ2n) is 4.20. The predicted molar refractivity (Wildman–Crippen MR) is 75.2 cm³/mol. The van der Waals surface area contributed by atoms with Gasteiger partial charge in [0.05, 0.1) is 23.2 Å². The number of halogens is 3. The van der Waals surface area contributed by atoms with Crippen LogP contribution in [0.3, 0.4) is 0 Å². The van der Waals surface area contributed by atoms with Crippen molar-refractivity contribution in [3.8, 4) is 0 Å². The van der Waals surface area contributed by atoms with Gasteiger partial charge < -0.3 is 9.64 Å². The molecule has 100 valence electrons. The van der Waals surface area contributed by atoms with E-state index in [-0.39, 0.29) is 11.1 Å². The fourth-order valence-corrected chi connectivity index (χ4v) is 2.60. The van der Waals surface area contributed by atoms with Crippen LogP contribution in [0, 0.1) is 5.82 Å². The summed E-state index contributed by atoms with van der Waals surface area (Å²) in [5, 5.41) is 0.819. The zero-order valence-corrected chi connectivity index (χ0v) is 12.2. The molecule has 2 heterocycles. The van der Waals surface area contributed by atoms with E-state index >= 15 is 0 Å². The number of fused-ring (bicyclic) bond motifs is 1. The number of aromatic nitrogens is 2. The first-order valence-electron chi connectivity index (χ1n) is 5.80. The highest BCUT2D eigenvalue weighted by molar-refractivity contribution is 9.10. The maximum absolute atomic E-state index is 13.7. The first-order chi connectivity index (χ1) is 9.15. The van der Waals surface area contributed by atoms with E-state index in [0.717, 1.165) is 0 Å². The molecule has 1 fully saturated rings. The highest BCUT2D eigenvalue weighted by Crippen LogP contribution is 2.30. The van der Waals surface area contributed by atoms with Crippen LogP contribution in [0.1, 0.15) is 0 Å². The van der Waals surface area contributed by atoms with E-state index in [1.165, 1.54) is 6.07 Å². The number of hydrogen-bond donors (Lipinski definition) is 0. The van der Waals surface area contributed by atoms with Crippen LogP contribution in [-0.2, 0) is 4.74 Å². The molecule has 1 aliphatic heterocycles. The number of morpholine rings is 1. The third-order valence-corrected chi connectivity index (χ3v) is 3.78. The molecule has 0 aliphatic carbocycles. The Balaban J connectivity index is 2.18. The normalized spacial score (nSPS) is 16.1. The molecule has 0 saturated carbocycles. The summed E-state index contributed by atoms with van der Waals surface area (Å²) in [5.41, 5.74) is 0.620. The molecule has 0 unspecified atom stereocenters. The number of anilines is 1. The van der Waals surface area contributed by atoms with Crippen LogP contribution in [-0.4, -0.2) is 36.3 Å². The van der Waals surface area contributed by atoms with E-state index in [9.17, 15) is 4.39 Å². The number of nitrogens with zero attached hydrogens (tertiary/aromatic N) is 3. The van der Waals surface area contributed by atoms with Crippen molar-refractivity contribution in [3.05, 3.63) is 27.7 Å². The van der Waals surface area contributed by atoms with Crippen LogP contribution in [0.2, 0.25) is 5.28 Å². The Morgan fingerprint density at radius 1 is 1.26 bits per heavy atom. The van der Waals surface area contributed by atoms with Gasteiger partial charge in [0.1, 0.15) is 11.6 Å². The molecule has 1 aromatic carbocycles. The topological polar surface area (TPSA) is 38.2 Å². The lowest BCUT2D eigenvalue weighted by atomic mass is 10.2. The first-order valence-corrected chi connectivity index (χ1v) is 6.97. The number of rotatable bonds is 1. The molecule has 1 aromatic heterocycles. The molecule has 0 atom stereocenters. The van der Waals surface area contributed by atoms with Crippen molar-refractivity contribution in [1.29, 1.82) is 0 Å². The van der Waals surface area contributed by atoms with Gasteiger partial charge >= 0.3 is 0 Å². The van der Waals surface area contributed by atoms with E-state index in [1.807, 2.05) is 4.90 Å². The lowest BCUT2D eigenvalue weighted by Crippen LogP contribution is -2.37. The van der Waals surface area contributed by atoms with Crippen molar-refractivity contribution in [2.75, 3.05) is 31.2 Å². The molecule has 1 aliphatic rings. The van der Waals surface area contributed by atoms with Gasteiger partial charge in [-0.2, -0.15) is 4.98 Å². The molecule has 19 heavy (non-hydrogen) atoms. The van der Waals surface area contributed by atoms with Crippen molar-refractivity contribution in [2.24, 2.45) is 0 Å². The lowest BCUT2D eigenvalue weighted by molar-refractivity contribution is 0.122. The van der Waals surface area contributed by atoms with Crippen molar-refractivity contribution < 1.29 is 9.13 Å². The zero-order valence-electron chi connectivity index (χ0n) is 9.87. The molecule has 1 saturated heterocycles. The minimum atomic E-state index is -0.340. The van der Waals surface area contributed by atoms with Crippen molar-refractivity contribution in [2.45, 2.75) is 0 Å². The summed E-state index contributed by atoms with van der Waals surface area (Å²) in [7, 11) is 0. The Kier molecular flexibility index (Phi) is 3.56. The second kappa shape index (κ2) is 5.19. The van der Waals surface area contributed by atoms with Crippen molar-refractivity contribution in [3.63, 3.8) is 0 Å². The second-order valence-corrected chi connectivity index (χ2v) is 5.39. The minimum absolute atomic E-state index is 0.160. The van der Waals surface area contributed by atoms with E-state index in [1.54, 1.807) is 6.07 Å². The Hall–Kier alpha value is -0.980. The Morgan fingerprint density at radius 3 is 2.74 bits per heavy atom. The van der Waals surface area contributed by atoms with E-state index in [4.69, 9.17) is 16.3 Å². The molecule has 2 aromatic rings. The SMILES string of the molecule is Fc1cc2c(N3CCOCC3)nc(Cl)nc2cc1Br. The third kappa shape index (κ3) is 2.52. The predicted octanol–water partition coefficient (Wildman–Crippen LogP) is 3.02. The maximum Gasteiger partial charge on any atom is 0.224 e. The van der Waals surface area contributed by atoms with E-state index < -0.39 is 0 Å². The quantitative estimate of drug-likeness (QED) is 0.744. The molecule has 4 nitrogen and oxygen atoms in total. The number of ether oxygens (including phenoxy) is 1. The maximum atomic E-state index is 13.7. The fourth-order valence-electron chi connectivity index (χ4n) is 2.10. The van der Waals surface area contributed by atoms with Gasteiger partial charge in [0.15, 0.2) is 0 Å². The molecule has 0 bridgehead atoms. The summed E-state index contributed by atoms with van der Waals surface area (Å²) >= 11 is 9.10. The molecule has 3 rings (SSSR count). The zero-order chi connectivity index (χ0) is 13.4. The van der Waals surface area contributed by atoms with E-state index in [2.05, 4.69) is 25.9 Å². The molecule has 0 N–H and O–H groups in total. The van der Waals surface area contributed by atoms with Crippen LogP contribution in [0.4, 0.5) is 10.2 Å². The number of hydrogen-bond acceptors (Lipinski definition) is 4. The highest BCUT2D eigenvalue weighted by Gasteiger charge is 2.18. The van der Waals surface area contributed by atoms with Gasteiger partial charge in [-0.1, -0.05) is 0 Å². The monoisotopic (exact) mass is 345 g/mol. The standard InChI is InChI=1S/C12H10BrClFN3O/c13-8-6-10-7(5-9(8)15)11(17-12(14)16-10)18-1-3-19-4-2-18/h5-6H,1-4H2. The van der Waals surface area contributed by atoms with Gasteiger partial charge in [-0.05, 0) is 39.7 Å². The van der Waals surface area contributed by atoms with Crippen LogP contribution >= 0.6 is 27.5 Å². The van der Waals surface area contributed by atoms with Crippen molar-refractivity contribution >= 4 is 44.3 Å². The van der Waals surface area contributed by atoms with Crippen LogP contribution < -0.4 is 4.90 Å². The molecule has 0 spiro atoms. The first kappa shape index (κ1) is 13.0. The Labute approximate surface area is 122 Å². The summed E-state index contributed by atoms with van der Waals surface area (Å²) in [5.74, 6) is 0.317. The van der Waals surface area contributed by atoms with Crippen LogP contribution in [0.15, 0.2) is 16.6 Å². The number of benzene rings is 1. The summed E-state index contributed by atoms with van der Waals surface area (Å²) in [6.07, 6.45) is 0. The largest absolute Gasteiger partial charge is 0.378 e. The Bertz CT molecular complexity index is 634. The van der Waals surface area contributed by atoms with Gasteiger partial charge in [0, 0.05) is 18.5 Å². The third-order valence-electron chi connectivity index (χ3n) is 3.00. The molecular formula is C12H10BrClFN3O. The van der Waals surface area contributed by atoms with Crippen LogP contribution in [0.5, 0.6) is 0 Å². The Morgan fingerprint density at radius 2 is 2.00 bits per heavy atom. The van der Waals surface area contributed by atoms with Gasteiger partial charge in [-0.25, -0.2) is 9.37 Å². The van der Waals surface area contributed by atoms with Crippen LogP contribution in [0.25, 0.3) is 10.9 Å². The molecule has 7 heteroatoms. The molecule has 0 radical (unpaired) electrons. The smallest absolute Gasteiger partial charge is 0.224 e. The van der Waals surface area contributed by atoms with Gasteiger partial charge in [-0.15, -0.1) is 0 Å². The average molecular weight is 347 g/mol. The average Bonchev–Trinajstić information content (AvgIpc) is 2.41. The fraction of sp³-hybridized carbons (Fsp3) is 0.333. The van der Waals surface area contributed by atoms with E-state index in [0.29, 0.717) is 47.5 Å².